The van der Waals surface area contributed by atoms with Crippen molar-refractivity contribution in [2.45, 2.75) is 78.4 Å². The maximum atomic E-state index is 13.5. The Morgan fingerprint density at radius 1 is 1.00 bits per heavy atom. The molecule has 2 atom stereocenters. The lowest BCUT2D eigenvalue weighted by Gasteiger charge is -2.41. The summed E-state index contributed by atoms with van der Waals surface area (Å²) in [6.07, 6.45) is 7.71. The van der Waals surface area contributed by atoms with Crippen LogP contribution < -0.4 is 5.43 Å². The van der Waals surface area contributed by atoms with E-state index in [-0.39, 0.29) is 18.0 Å². The molecule has 5 nitrogen and oxygen atoms in total. The Kier molecular flexibility index (Phi) is 10.4. The molecular weight excluding hydrogens is 434 g/mol. The van der Waals surface area contributed by atoms with E-state index in [4.69, 9.17) is 4.74 Å². The fourth-order valence-electron chi connectivity index (χ4n) is 4.74. The Morgan fingerprint density at radius 2 is 1.69 bits per heavy atom. The van der Waals surface area contributed by atoms with Gasteiger partial charge in [-0.05, 0) is 42.5 Å². The van der Waals surface area contributed by atoms with Crippen LogP contribution in [0.3, 0.4) is 0 Å². The van der Waals surface area contributed by atoms with Gasteiger partial charge in [-0.15, -0.1) is 0 Å². The SMILES string of the molecule is CC.CCCCCC1CN(Cc2ccc(CCOC)cc2)C(=O)C2=CC(c3ccc(C)cc3)NN21. The third-order valence-electron chi connectivity index (χ3n) is 6.73. The number of amides is 1. The molecule has 1 fully saturated rings. The van der Waals surface area contributed by atoms with E-state index in [1.807, 2.05) is 18.7 Å². The van der Waals surface area contributed by atoms with Crippen molar-refractivity contribution in [2.24, 2.45) is 0 Å². The van der Waals surface area contributed by atoms with Crippen molar-refractivity contribution in [3.8, 4) is 0 Å². The zero-order chi connectivity index (χ0) is 25.2. The molecule has 0 bridgehead atoms. The van der Waals surface area contributed by atoms with Gasteiger partial charge in [0.1, 0.15) is 5.70 Å². The van der Waals surface area contributed by atoms with Crippen LogP contribution in [0.1, 0.15) is 74.8 Å². The predicted octanol–water partition coefficient (Wildman–Crippen LogP) is 5.95. The minimum atomic E-state index is 0.0400. The molecule has 1 amide bonds. The van der Waals surface area contributed by atoms with E-state index < -0.39 is 0 Å². The van der Waals surface area contributed by atoms with Gasteiger partial charge in [0.25, 0.3) is 5.91 Å². The molecule has 2 aromatic carbocycles. The molecule has 1 saturated heterocycles. The average molecular weight is 478 g/mol. The van der Waals surface area contributed by atoms with Gasteiger partial charge in [0.05, 0.1) is 18.7 Å². The molecule has 35 heavy (non-hydrogen) atoms. The van der Waals surface area contributed by atoms with Crippen LogP contribution in [-0.4, -0.2) is 42.1 Å². The van der Waals surface area contributed by atoms with E-state index in [2.05, 4.69) is 78.9 Å². The molecular formula is C30H43N3O2. The van der Waals surface area contributed by atoms with Crippen LogP contribution >= 0.6 is 0 Å². The number of hydrogen-bond donors (Lipinski definition) is 1. The number of methoxy groups -OCH3 is 1. The first-order valence-corrected chi connectivity index (χ1v) is 13.3. The Hall–Kier alpha value is -2.63. The van der Waals surface area contributed by atoms with E-state index in [1.54, 1.807) is 7.11 Å². The third-order valence-corrected chi connectivity index (χ3v) is 6.73. The highest BCUT2D eigenvalue weighted by Gasteiger charge is 2.40. The van der Waals surface area contributed by atoms with E-state index in [1.165, 1.54) is 41.5 Å². The fraction of sp³-hybridized carbons (Fsp3) is 0.500. The first-order valence-electron chi connectivity index (χ1n) is 13.3. The van der Waals surface area contributed by atoms with Crippen LogP contribution in [0.25, 0.3) is 0 Å². The number of rotatable bonds is 10. The van der Waals surface area contributed by atoms with Crippen LogP contribution in [0.4, 0.5) is 0 Å². The molecule has 2 heterocycles. The highest BCUT2D eigenvalue weighted by Crippen LogP contribution is 2.32. The number of aryl methyl sites for hydroxylation is 1. The number of nitrogens with one attached hydrogen (secondary N) is 1. The predicted molar refractivity (Wildman–Crippen MR) is 144 cm³/mol. The summed E-state index contributed by atoms with van der Waals surface area (Å²) in [5.74, 6) is 0.118. The minimum Gasteiger partial charge on any atom is -0.384 e. The van der Waals surface area contributed by atoms with Gasteiger partial charge in [-0.25, -0.2) is 5.43 Å². The summed E-state index contributed by atoms with van der Waals surface area (Å²) < 4.78 is 5.18. The van der Waals surface area contributed by atoms with E-state index in [0.29, 0.717) is 6.54 Å². The normalized spacial score (nSPS) is 19.2. The molecule has 1 N–H and O–H groups in total. The van der Waals surface area contributed by atoms with Crippen molar-refractivity contribution < 1.29 is 9.53 Å². The molecule has 2 unspecified atom stereocenters. The maximum Gasteiger partial charge on any atom is 0.271 e. The topological polar surface area (TPSA) is 44.8 Å². The van der Waals surface area contributed by atoms with Crippen LogP contribution in [0.2, 0.25) is 0 Å². The molecule has 5 heteroatoms. The molecule has 2 aliphatic rings. The Morgan fingerprint density at radius 3 is 2.34 bits per heavy atom. The Bertz CT molecular complexity index is 953. The number of carbonyl (C=O) groups excluding carboxylic acids is 1. The number of nitrogens with zero attached hydrogens (tertiary/aromatic N) is 2. The second-order valence-corrected chi connectivity index (χ2v) is 9.33. The number of piperazine rings is 1. The molecule has 0 aliphatic carbocycles. The van der Waals surface area contributed by atoms with Crippen molar-refractivity contribution in [3.63, 3.8) is 0 Å². The van der Waals surface area contributed by atoms with Crippen molar-refractivity contribution in [2.75, 3.05) is 20.3 Å². The number of hydrogen-bond acceptors (Lipinski definition) is 4. The molecule has 2 aliphatic heterocycles. The lowest BCUT2D eigenvalue weighted by atomic mass is 10.0. The van der Waals surface area contributed by atoms with Gasteiger partial charge in [-0.2, -0.15) is 0 Å². The first-order chi connectivity index (χ1) is 17.1. The van der Waals surface area contributed by atoms with Gasteiger partial charge in [0.2, 0.25) is 0 Å². The summed E-state index contributed by atoms with van der Waals surface area (Å²) in [6.45, 7) is 10.5. The molecule has 2 aromatic rings. The highest BCUT2D eigenvalue weighted by atomic mass is 16.5. The number of benzene rings is 2. The van der Waals surface area contributed by atoms with Gasteiger partial charge in [-0.1, -0.05) is 94.1 Å². The first kappa shape index (κ1) is 27.0. The Balaban J connectivity index is 0.00000167. The fourth-order valence-corrected chi connectivity index (χ4v) is 4.74. The van der Waals surface area contributed by atoms with Crippen LogP contribution in [0.5, 0.6) is 0 Å². The lowest BCUT2D eigenvalue weighted by molar-refractivity contribution is -0.135. The molecule has 190 valence electrons. The minimum absolute atomic E-state index is 0.0400. The molecule has 0 aromatic heterocycles. The van der Waals surface area contributed by atoms with Gasteiger partial charge >= 0.3 is 0 Å². The van der Waals surface area contributed by atoms with Crippen molar-refractivity contribution >= 4 is 5.91 Å². The number of carbonyl (C=O) groups is 1. The summed E-state index contributed by atoms with van der Waals surface area (Å²) in [5.41, 5.74) is 9.30. The maximum absolute atomic E-state index is 13.5. The highest BCUT2D eigenvalue weighted by molar-refractivity contribution is 5.94. The number of ether oxygens (including phenoxy) is 1. The van der Waals surface area contributed by atoms with Crippen molar-refractivity contribution in [1.82, 2.24) is 15.3 Å². The van der Waals surface area contributed by atoms with Gasteiger partial charge in [0.15, 0.2) is 0 Å². The molecule has 4 rings (SSSR count). The van der Waals surface area contributed by atoms with E-state index >= 15 is 0 Å². The van der Waals surface area contributed by atoms with E-state index in [9.17, 15) is 4.79 Å². The summed E-state index contributed by atoms with van der Waals surface area (Å²) in [5, 5.41) is 2.16. The molecule has 0 spiro atoms. The summed E-state index contributed by atoms with van der Waals surface area (Å²) in [7, 11) is 1.73. The molecule has 0 saturated carbocycles. The van der Waals surface area contributed by atoms with Gasteiger partial charge < -0.3 is 9.64 Å². The summed E-state index contributed by atoms with van der Waals surface area (Å²) in [4.78, 5) is 15.5. The van der Waals surface area contributed by atoms with Crippen LogP contribution in [0.15, 0.2) is 60.3 Å². The molecule has 0 radical (unpaired) electrons. The van der Waals surface area contributed by atoms with Gasteiger partial charge in [0, 0.05) is 20.2 Å². The average Bonchev–Trinajstić information content (AvgIpc) is 3.34. The van der Waals surface area contributed by atoms with Crippen molar-refractivity contribution in [1.29, 1.82) is 0 Å². The monoisotopic (exact) mass is 477 g/mol. The smallest absolute Gasteiger partial charge is 0.271 e. The van der Waals surface area contributed by atoms with Crippen molar-refractivity contribution in [3.05, 3.63) is 82.6 Å². The van der Waals surface area contributed by atoms with Crippen LogP contribution in [0, 0.1) is 6.92 Å². The lowest BCUT2D eigenvalue weighted by Crippen LogP contribution is -2.56. The quantitative estimate of drug-likeness (QED) is 0.430. The standard InChI is InChI=1S/C28H37N3O2.C2H6/c1-4-5-6-7-25-20-30(19-23-12-10-22(11-13-23)16-17-33-3)28(32)27-18-26(29-31(25)27)24-14-8-21(2)9-15-24;1-2/h8-15,18,25-26,29H,4-7,16-17,19-20H2,1-3H3;1-2H3. The summed E-state index contributed by atoms with van der Waals surface area (Å²) in [6, 6.07) is 17.5. The largest absolute Gasteiger partial charge is 0.384 e. The summed E-state index contributed by atoms with van der Waals surface area (Å²) >= 11 is 0. The second-order valence-electron chi connectivity index (χ2n) is 9.33. The second kappa shape index (κ2) is 13.5. The number of hydrazine groups is 1. The van der Waals surface area contributed by atoms with Crippen LogP contribution in [-0.2, 0) is 22.5 Å². The zero-order valence-corrected chi connectivity index (χ0v) is 22.2. The third kappa shape index (κ3) is 6.96. The zero-order valence-electron chi connectivity index (χ0n) is 22.2. The Labute approximate surface area is 212 Å². The van der Waals surface area contributed by atoms with E-state index in [0.717, 1.165) is 31.7 Å². The number of unbranched alkanes of at least 4 members (excludes halogenated alkanes) is 2. The number of fused-ring (bicyclic) bond motifs is 1. The van der Waals surface area contributed by atoms with Gasteiger partial charge in [-0.3, -0.25) is 9.80 Å².